The predicted molar refractivity (Wildman–Crippen MR) is 175 cm³/mol. The lowest BCUT2D eigenvalue weighted by molar-refractivity contribution is 0.107. The average molecular weight is 648 g/mol. The third-order valence-electron chi connectivity index (χ3n) is 10.7. The van der Waals surface area contributed by atoms with E-state index in [1.807, 2.05) is 13.8 Å². The zero-order chi connectivity index (χ0) is 32.4. The van der Waals surface area contributed by atoms with Crippen molar-refractivity contribution in [1.82, 2.24) is 20.2 Å². The summed E-state index contributed by atoms with van der Waals surface area (Å²) in [6.07, 6.45) is 3.77. The lowest BCUT2D eigenvalue weighted by atomic mass is 9.91. The van der Waals surface area contributed by atoms with Crippen LogP contribution in [0, 0.1) is 11.6 Å². The molecule has 4 saturated heterocycles. The Balaban J connectivity index is 1.33. The number of ether oxygens (including phenoxy) is 2. The Morgan fingerprint density at radius 2 is 1.85 bits per heavy atom. The number of phenols is 1. The van der Waals surface area contributed by atoms with Gasteiger partial charge in [0.15, 0.2) is 5.82 Å². The number of phenolic OH excluding ortho intramolecular Hbond substituents is 1. The first-order valence-corrected chi connectivity index (χ1v) is 16.9. The van der Waals surface area contributed by atoms with Crippen LogP contribution in [0.25, 0.3) is 32.8 Å². The van der Waals surface area contributed by atoms with Gasteiger partial charge in [0.25, 0.3) is 0 Å². The quantitative estimate of drug-likeness (QED) is 0.231. The summed E-state index contributed by atoms with van der Waals surface area (Å²) in [6.45, 7) is 6.77. The van der Waals surface area contributed by atoms with Crippen LogP contribution in [0.5, 0.6) is 17.5 Å². The van der Waals surface area contributed by atoms with Gasteiger partial charge in [-0.3, -0.25) is 4.90 Å². The lowest BCUT2D eigenvalue weighted by Crippen LogP contribution is -2.51. The number of piperazine rings is 1. The van der Waals surface area contributed by atoms with Gasteiger partial charge >= 0.3 is 6.01 Å². The number of nitrogens with zero attached hydrogens (tertiary/aromatic N) is 4. The molecule has 2 N–H and O–H groups in total. The van der Waals surface area contributed by atoms with Crippen molar-refractivity contribution in [3.8, 4) is 28.6 Å². The summed E-state index contributed by atoms with van der Waals surface area (Å²) in [5.41, 5.74) is 0.466. The monoisotopic (exact) mass is 647 g/mol. The van der Waals surface area contributed by atoms with Crippen LogP contribution in [0.15, 0.2) is 30.3 Å². The number of aryl methyl sites for hydroxylation is 1. The number of hydrogen-bond acceptors (Lipinski definition) is 8. The molecule has 248 valence electrons. The van der Waals surface area contributed by atoms with E-state index >= 15 is 8.78 Å². The van der Waals surface area contributed by atoms with Crippen LogP contribution in [0.4, 0.5) is 19.0 Å². The first-order valence-electron chi connectivity index (χ1n) is 16.9. The molecule has 2 unspecified atom stereocenters. The van der Waals surface area contributed by atoms with Crippen LogP contribution in [0.1, 0.15) is 51.5 Å². The van der Waals surface area contributed by atoms with Crippen LogP contribution in [-0.2, 0) is 6.42 Å². The maximum atomic E-state index is 17.3. The Hall–Kier alpha value is -3.83. The average Bonchev–Trinajstić information content (AvgIpc) is 3.70. The van der Waals surface area contributed by atoms with E-state index in [4.69, 9.17) is 14.5 Å². The van der Waals surface area contributed by atoms with Gasteiger partial charge in [0.05, 0.1) is 17.7 Å². The molecule has 1 aromatic heterocycles. The van der Waals surface area contributed by atoms with Gasteiger partial charge in [-0.1, -0.05) is 13.0 Å². The van der Waals surface area contributed by atoms with Gasteiger partial charge in [0.1, 0.15) is 41.4 Å². The first-order chi connectivity index (χ1) is 22.8. The molecule has 2 bridgehead atoms. The van der Waals surface area contributed by atoms with Crippen LogP contribution in [0.3, 0.4) is 0 Å². The lowest BCUT2D eigenvalue weighted by Gasteiger charge is -2.35. The highest BCUT2D eigenvalue weighted by Crippen LogP contribution is 2.46. The van der Waals surface area contributed by atoms with E-state index in [-0.39, 0.29) is 41.8 Å². The summed E-state index contributed by atoms with van der Waals surface area (Å²) < 4.78 is 59.5. The molecule has 11 heteroatoms. The van der Waals surface area contributed by atoms with Crippen LogP contribution >= 0.6 is 0 Å². The standard InChI is InChI=1S/C36H40F3N5O3/c1-3-25-28(38)9-6-20-12-24(45)13-26(30(20)25)31-29(46-4-2)14-27-33(32(31)39)41-35(42-34(27)43-17-22-7-8-23(18-43)40-22)47-19-36-10-5-11-44(36)16-21(37)15-36/h6,9,12-14,21-23,40,45H,3-5,7-8,10-11,15-19H2,1-2H3/t21-,22?,23?,36+/m1/s1. The van der Waals surface area contributed by atoms with Gasteiger partial charge < -0.3 is 24.8 Å². The highest BCUT2D eigenvalue weighted by atomic mass is 19.1. The molecule has 8 rings (SSSR count). The van der Waals surface area contributed by atoms with E-state index in [0.29, 0.717) is 77.7 Å². The van der Waals surface area contributed by atoms with E-state index in [9.17, 15) is 9.50 Å². The van der Waals surface area contributed by atoms with Crippen molar-refractivity contribution in [1.29, 1.82) is 0 Å². The number of rotatable bonds is 8. The fourth-order valence-electron chi connectivity index (χ4n) is 8.65. The number of alkyl halides is 1. The summed E-state index contributed by atoms with van der Waals surface area (Å²) in [7, 11) is 0. The highest BCUT2D eigenvalue weighted by molar-refractivity contribution is 6.05. The molecule has 5 heterocycles. The Kier molecular flexibility index (Phi) is 7.59. The van der Waals surface area contributed by atoms with Crippen molar-refractivity contribution in [2.24, 2.45) is 0 Å². The Bertz CT molecular complexity index is 1860. The second-order valence-electron chi connectivity index (χ2n) is 13.6. The molecule has 0 saturated carbocycles. The van der Waals surface area contributed by atoms with E-state index in [0.717, 1.165) is 32.2 Å². The molecule has 4 aliphatic heterocycles. The van der Waals surface area contributed by atoms with E-state index in [1.54, 1.807) is 18.2 Å². The van der Waals surface area contributed by atoms with Crippen molar-refractivity contribution in [3.63, 3.8) is 0 Å². The number of hydrogen-bond donors (Lipinski definition) is 2. The fourth-order valence-corrected chi connectivity index (χ4v) is 8.65. The van der Waals surface area contributed by atoms with Crippen molar-refractivity contribution in [3.05, 3.63) is 47.5 Å². The molecular formula is C36H40F3N5O3. The van der Waals surface area contributed by atoms with Crippen LogP contribution in [-0.4, -0.2) is 83.2 Å². The van der Waals surface area contributed by atoms with E-state index in [2.05, 4.69) is 20.1 Å². The largest absolute Gasteiger partial charge is 0.508 e. The zero-order valence-corrected chi connectivity index (χ0v) is 26.8. The molecule has 0 aliphatic carbocycles. The number of halogens is 3. The summed E-state index contributed by atoms with van der Waals surface area (Å²) in [4.78, 5) is 13.9. The SMILES string of the molecule is CCOc1cc2c(N3CC4CCC(C3)N4)nc(OC[C@@]34CCCN3C[C@H](F)C4)nc2c(F)c1-c1cc(O)cc2ccc(F)c(CC)c12. The zero-order valence-electron chi connectivity index (χ0n) is 26.8. The fraction of sp³-hybridized carbons (Fsp3) is 0.500. The van der Waals surface area contributed by atoms with Gasteiger partial charge in [-0.25, -0.2) is 13.2 Å². The molecule has 3 aromatic carbocycles. The van der Waals surface area contributed by atoms with Crippen molar-refractivity contribution in [2.75, 3.05) is 44.3 Å². The molecule has 4 fully saturated rings. The van der Waals surface area contributed by atoms with Crippen LogP contribution in [0.2, 0.25) is 0 Å². The predicted octanol–water partition coefficient (Wildman–Crippen LogP) is 6.29. The van der Waals surface area contributed by atoms with E-state index in [1.165, 1.54) is 12.1 Å². The molecule has 47 heavy (non-hydrogen) atoms. The highest BCUT2D eigenvalue weighted by Gasteiger charge is 2.49. The summed E-state index contributed by atoms with van der Waals surface area (Å²) in [6, 6.07) is 8.38. The van der Waals surface area contributed by atoms with Gasteiger partial charge in [-0.2, -0.15) is 9.97 Å². The first kappa shape index (κ1) is 30.5. The molecular weight excluding hydrogens is 607 g/mol. The third kappa shape index (κ3) is 5.13. The Morgan fingerprint density at radius 3 is 2.62 bits per heavy atom. The van der Waals surface area contributed by atoms with Gasteiger partial charge in [-0.05, 0) is 86.2 Å². The van der Waals surface area contributed by atoms with Gasteiger partial charge in [0.2, 0.25) is 0 Å². The maximum Gasteiger partial charge on any atom is 0.319 e. The number of aromatic hydroxyl groups is 1. The number of aromatic nitrogens is 2. The minimum absolute atomic E-state index is 0.0389. The van der Waals surface area contributed by atoms with Crippen molar-refractivity contribution < 1.29 is 27.8 Å². The molecule has 4 aromatic rings. The molecule has 4 aliphatic rings. The molecule has 4 atom stereocenters. The van der Waals surface area contributed by atoms with Crippen LogP contribution < -0.4 is 19.7 Å². The smallest absolute Gasteiger partial charge is 0.319 e. The summed E-state index contributed by atoms with van der Waals surface area (Å²) in [5.74, 6) is -0.322. The van der Waals surface area contributed by atoms with E-state index < -0.39 is 23.3 Å². The number of benzene rings is 3. The third-order valence-corrected chi connectivity index (χ3v) is 10.7. The number of fused-ring (bicyclic) bond motifs is 5. The van der Waals surface area contributed by atoms with Gasteiger partial charge in [-0.15, -0.1) is 0 Å². The number of nitrogens with one attached hydrogen (secondary N) is 1. The minimum Gasteiger partial charge on any atom is -0.508 e. The maximum absolute atomic E-state index is 17.3. The Labute approximate surface area is 271 Å². The normalized spacial score (nSPS) is 25.6. The second-order valence-corrected chi connectivity index (χ2v) is 13.6. The number of anilines is 1. The van der Waals surface area contributed by atoms with Gasteiger partial charge in [0, 0.05) is 49.1 Å². The molecule has 8 nitrogen and oxygen atoms in total. The molecule has 0 amide bonds. The topological polar surface area (TPSA) is 83.0 Å². The van der Waals surface area contributed by atoms with Crippen molar-refractivity contribution in [2.45, 2.75) is 76.2 Å². The van der Waals surface area contributed by atoms with Crippen molar-refractivity contribution >= 4 is 27.5 Å². The summed E-state index contributed by atoms with van der Waals surface area (Å²) in [5, 5.41) is 16.0. The second kappa shape index (κ2) is 11.7. The molecule has 0 radical (unpaired) electrons. The Morgan fingerprint density at radius 1 is 1.04 bits per heavy atom. The molecule has 0 spiro atoms. The minimum atomic E-state index is -0.907. The summed E-state index contributed by atoms with van der Waals surface area (Å²) >= 11 is 0.